The number of ether oxygens (including phenoxy) is 1. The average molecular weight is 278 g/mol. The predicted molar refractivity (Wildman–Crippen MR) is 86.3 cm³/mol. The van der Waals surface area contributed by atoms with Crippen molar-refractivity contribution in [1.29, 1.82) is 0 Å². The van der Waals surface area contributed by atoms with Crippen molar-refractivity contribution in [2.24, 2.45) is 0 Å². The summed E-state index contributed by atoms with van der Waals surface area (Å²) in [7, 11) is 2.14. The van der Waals surface area contributed by atoms with Crippen LogP contribution < -0.4 is 10.1 Å². The molecule has 0 spiro atoms. The van der Waals surface area contributed by atoms with Crippen LogP contribution in [0.4, 0.5) is 0 Å². The van der Waals surface area contributed by atoms with Crippen LogP contribution in [0.1, 0.15) is 39.7 Å². The fourth-order valence-electron chi connectivity index (χ4n) is 1.96. The molecule has 0 heterocycles. The SMILES string of the molecule is CCCN(C)CCOc1ccccc1CNC(C)(C)C. The molecule has 0 fully saturated rings. The summed E-state index contributed by atoms with van der Waals surface area (Å²) in [6.45, 7) is 12.4. The van der Waals surface area contributed by atoms with E-state index in [2.05, 4.69) is 63.2 Å². The van der Waals surface area contributed by atoms with Crippen molar-refractivity contribution in [3.05, 3.63) is 29.8 Å². The Morgan fingerprint density at radius 3 is 2.50 bits per heavy atom. The Labute approximate surface area is 124 Å². The van der Waals surface area contributed by atoms with E-state index in [4.69, 9.17) is 4.74 Å². The first kappa shape index (κ1) is 17.0. The second-order valence-corrected chi connectivity index (χ2v) is 6.36. The molecule has 0 atom stereocenters. The highest BCUT2D eigenvalue weighted by molar-refractivity contribution is 5.33. The van der Waals surface area contributed by atoms with Crippen molar-refractivity contribution in [2.45, 2.75) is 46.2 Å². The molecule has 0 amide bonds. The van der Waals surface area contributed by atoms with Gasteiger partial charge in [0, 0.05) is 24.2 Å². The summed E-state index contributed by atoms with van der Waals surface area (Å²) < 4.78 is 5.94. The maximum Gasteiger partial charge on any atom is 0.123 e. The van der Waals surface area contributed by atoms with Gasteiger partial charge < -0.3 is 15.0 Å². The molecule has 0 aromatic heterocycles. The molecule has 1 aromatic carbocycles. The summed E-state index contributed by atoms with van der Waals surface area (Å²) in [5.74, 6) is 0.995. The van der Waals surface area contributed by atoms with E-state index in [0.29, 0.717) is 0 Å². The lowest BCUT2D eigenvalue weighted by Crippen LogP contribution is -2.35. The maximum absolute atomic E-state index is 5.94. The Bertz CT molecular complexity index is 385. The molecule has 1 aromatic rings. The minimum Gasteiger partial charge on any atom is -0.492 e. The first-order chi connectivity index (χ1) is 9.42. The molecule has 0 aliphatic heterocycles. The van der Waals surface area contributed by atoms with Crippen LogP contribution in [-0.2, 0) is 6.54 Å². The van der Waals surface area contributed by atoms with Crippen LogP contribution in [0.2, 0.25) is 0 Å². The molecule has 3 nitrogen and oxygen atoms in total. The first-order valence-electron chi connectivity index (χ1n) is 7.56. The van der Waals surface area contributed by atoms with Gasteiger partial charge in [-0.3, -0.25) is 0 Å². The van der Waals surface area contributed by atoms with Crippen LogP contribution in [0.15, 0.2) is 24.3 Å². The number of benzene rings is 1. The summed E-state index contributed by atoms with van der Waals surface area (Å²) >= 11 is 0. The Hall–Kier alpha value is -1.06. The summed E-state index contributed by atoms with van der Waals surface area (Å²) in [6, 6.07) is 8.28. The van der Waals surface area contributed by atoms with E-state index in [0.717, 1.165) is 32.0 Å². The van der Waals surface area contributed by atoms with Gasteiger partial charge in [0.25, 0.3) is 0 Å². The van der Waals surface area contributed by atoms with Crippen molar-refractivity contribution >= 4 is 0 Å². The molecule has 0 bridgehead atoms. The topological polar surface area (TPSA) is 24.5 Å². The average Bonchev–Trinajstić information content (AvgIpc) is 2.37. The van der Waals surface area contributed by atoms with Gasteiger partial charge in [-0.25, -0.2) is 0 Å². The standard InChI is InChI=1S/C17H30N2O/c1-6-11-19(5)12-13-20-16-10-8-7-9-15(16)14-18-17(2,3)4/h7-10,18H,6,11-14H2,1-5H3. The molecule has 0 radical (unpaired) electrons. The predicted octanol–water partition coefficient (Wildman–Crippen LogP) is 3.30. The number of nitrogens with one attached hydrogen (secondary N) is 1. The quantitative estimate of drug-likeness (QED) is 0.789. The van der Waals surface area contributed by atoms with E-state index in [1.165, 1.54) is 12.0 Å². The Morgan fingerprint density at radius 2 is 1.85 bits per heavy atom. The maximum atomic E-state index is 5.94. The second kappa shape index (κ2) is 8.28. The summed E-state index contributed by atoms with van der Waals surface area (Å²) in [5, 5.41) is 3.51. The number of likely N-dealkylation sites (N-methyl/N-ethyl adjacent to an activating group) is 1. The lowest BCUT2D eigenvalue weighted by Gasteiger charge is -2.22. The molecule has 0 saturated carbocycles. The van der Waals surface area contributed by atoms with Crippen molar-refractivity contribution in [3.63, 3.8) is 0 Å². The molecule has 20 heavy (non-hydrogen) atoms. The minimum absolute atomic E-state index is 0.119. The normalized spacial score (nSPS) is 11.9. The van der Waals surface area contributed by atoms with E-state index in [1.54, 1.807) is 0 Å². The smallest absolute Gasteiger partial charge is 0.123 e. The molecule has 1 rings (SSSR count). The third-order valence-electron chi connectivity index (χ3n) is 3.12. The summed E-state index contributed by atoms with van der Waals surface area (Å²) in [4.78, 5) is 2.30. The molecule has 114 valence electrons. The Morgan fingerprint density at radius 1 is 1.15 bits per heavy atom. The van der Waals surface area contributed by atoms with Crippen molar-refractivity contribution < 1.29 is 4.74 Å². The fraction of sp³-hybridized carbons (Fsp3) is 0.647. The van der Waals surface area contributed by atoms with Gasteiger partial charge >= 0.3 is 0 Å². The number of hydrogen-bond acceptors (Lipinski definition) is 3. The van der Waals surface area contributed by atoms with Gasteiger partial charge in [-0.15, -0.1) is 0 Å². The van der Waals surface area contributed by atoms with Crippen LogP contribution in [-0.4, -0.2) is 37.2 Å². The highest BCUT2D eigenvalue weighted by atomic mass is 16.5. The summed E-state index contributed by atoms with van der Waals surface area (Å²) in [6.07, 6.45) is 1.18. The van der Waals surface area contributed by atoms with Crippen LogP contribution >= 0.6 is 0 Å². The zero-order valence-corrected chi connectivity index (χ0v) is 13.7. The van der Waals surface area contributed by atoms with Crippen LogP contribution in [0.25, 0.3) is 0 Å². The lowest BCUT2D eigenvalue weighted by molar-refractivity contribution is 0.235. The summed E-state index contributed by atoms with van der Waals surface area (Å²) in [5.41, 5.74) is 1.34. The Kier molecular flexibility index (Phi) is 7.03. The zero-order valence-electron chi connectivity index (χ0n) is 13.7. The molecule has 1 N–H and O–H groups in total. The largest absolute Gasteiger partial charge is 0.492 e. The first-order valence-corrected chi connectivity index (χ1v) is 7.56. The van der Waals surface area contributed by atoms with Crippen molar-refractivity contribution in [2.75, 3.05) is 26.7 Å². The van der Waals surface area contributed by atoms with E-state index in [-0.39, 0.29) is 5.54 Å². The monoisotopic (exact) mass is 278 g/mol. The van der Waals surface area contributed by atoms with Gasteiger partial charge in [0.2, 0.25) is 0 Å². The van der Waals surface area contributed by atoms with E-state index >= 15 is 0 Å². The van der Waals surface area contributed by atoms with Gasteiger partial charge in [0.1, 0.15) is 12.4 Å². The molecule has 0 saturated heterocycles. The third kappa shape index (κ3) is 6.92. The second-order valence-electron chi connectivity index (χ2n) is 6.36. The van der Waals surface area contributed by atoms with Gasteiger partial charge in [-0.1, -0.05) is 25.1 Å². The number of rotatable bonds is 8. The van der Waals surface area contributed by atoms with Crippen LogP contribution in [0.5, 0.6) is 5.75 Å². The van der Waals surface area contributed by atoms with Crippen molar-refractivity contribution in [3.8, 4) is 5.75 Å². The van der Waals surface area contributed by atoms with E-state index in [1.807, 2.05) is 6.07 Å². The van der Waals surface area contributed by atoms with Gasteiger partial charge in [0.15, 0.2) is 0 Å². The fourth-order valence-corrected chi connectivity index (χ4v) is 1.96. The van der Waals surface area contributed by atoms with E-state index < -0.39 is 0 Å². The van der Waals surface area contributed by atoms with E-state index in [9.17, 15) is 0 Å². The number of para-hydroxylation sites is 1. The minimum atomic E-state index is 0.119. The highest BCUT2D eigenvalue weighted by Crippen LogP contribution is 2.18. The molecule has 0 unspecified atom stereocenters. The van der Waals surface area contributed by atoms with Crippen molar-refractivity contribution in [1.82, 2.24) is 10.2 Å². The van der Waals surface area contributed by atoms with Crippen LogP contribution in [0.3, 0.4) is 0 Å². The lowest BCUT2D eigenvalue weighted by atomic mass is 10.1. The molecular formula is C17H30N2O. The number of hydrogen-bond donors (Lipinski definition) is 1. The molecule has 0 aliphatic carbocycles. The zero-order chi connectivity index (χ0) is 15.0. The van der Waals surface area contributed by atoms with Gasteiger partial charge in [-0.05, 0) is 46.9 Å². The molecule has 0 aliphatic rings. The molecular weight excluding hydrogens is 248 g/mol. The third-order valence-corrected chi connectivity index (χ3v) is 3.12. The highest BCUT2D eigenvalue weighted by Gasteiger charge is 2.10. The molecule has 3 heteroatoms. The number of nitrogens with zero attached hydrogens (tertiary/aromatic N) is 1. The van der Waals surface area contributed by atoms with Gasteiger partial charge in [0.05, 0.1) is 0 Å². The van der Waals surface area contributed by atoms with Gasteiger partial charge in [-0.2, -0.15) is 0 Å². The Balaban J connectivity index is 2.49. The van der Waals surface area contributed by atoms with Crippen LogP contribution in [0, 0.1) is 0 Å².